The van der Waals surface area contributed by atoms with Gasteiger partial charge in [0.15, 0.2) is 0 Å². The number of nitrogens with one attached hydrogen (secondary N) is 1. The lowest BCUT2D eigenvalue weighted by molar-refractivity contribution is 0.503. The monoisotopic (exact) mass is 272 g/mol. The Kier molecular flexibility index (Phi) is 4.90. The van der Waals surface area contributed by atoms with E-state index in [0.717, 1.165) is 30.8 Å². The Balaban J connectivity index is 2.18. The van der Waals surface area contributed by atoms with Crippen molar-refractivity contribution in [1.29, 1.82) is 0 Å². The first-order chi connectivity index (χ1) is 9.63. The molecule has 0 aliphatic rings. The van der Waals surface area contributed by atoms with E-state index >= 15 is 0 Å². The van der Waals surface area contributed by atoms with Gasteiger partial charge >= 0.3 is 0 Å². The largest absolute Gasteiger partial charge is 0.309 e. The molecule has 2 heterocycles. The molecule has 2 aromatic heterocycles. The number of hydrogen-bond acceptors (Lipinski definition) is 3. The Morgan fingerprint density at radius 1 is 1.30 bits per heavy atom. The maximum atomic E-state index is 4.56. The lowest BCUT2D eigenvalue weighted by atomic mass is 10.1. The zero-order valence-corrected chi connectivity index (χ0v) is 12.8. The minimum absolute atomic E-state index is 0.256. The van der Waals surface area contributed by atoms with E-state index in [9.17, 15) is 0 Å². The van der Waals surface area contributed by atoms with Gasteiger partial charge in [-0.05, 0) is 37.6 Å². The molecule has 108 valence electrons. The second-order valence-corrected chi connectivity index (χ2v) is 5.16. The molecule has 0 radical (unpaired) electrons. The Hall–Kier alpha value is -1.68. The Morgan fingerprint density at radius 2 is 2.10 bits per heavy atom. The molecule has 2 aromatic rings. The zero-order valence-electron chi connectivity index (χ0n) is 12.8. The van der Waals surface area contributed by atoms with Crippen molar-refractivity contribution >= 4 is 0 Å². The van der Waals surface area contributed by atoms with E-state index in [-0.39, 0.29) is 6.04 Å². The summed E-state index contributed by atoms with van der Waals surface area (Å²) in [7, 11) is 2.00. The number of aromatic nitrogens is 3. The Labute approximate surface area is 121 Å². The van der Waals surface area contributed by atoms with Gasteiger partial charge in [0, 0.05) is 25.4 Å². The SMILES string of the molecule is CCNC(Cc1ccc(CC)cn1)c1cc(C)nn1C. The van der Waals surface area contributed by atoms with Gasteiger partial charge in [-0.25, -0.2) is 0 Å². The van der Waals surface area contributed by atoms with Crippen LogP contribution in [0.2, 0.25) is 0 Å². The predicted octanol–water partition coefficient (Wildman–Crippen LogP) is 2.58. The van der Waals surface area contributed by atoms with Gasteiger partial charge in [0.25, 0.3) is 0 Å². The number of pyridine rings is 1. The summed E-state index contributed by atoms with van der Waals surface area (Å²) >= 11 is 0. The molecule has 2 rings (SSSR count). The predicted molar refractivity (Wildman–Crippen MR) is 81.7 cm³/mol. The highest BCUT2D eigenvalue weighted by Crippen LogP contribution is 2.18. The van der Waals surface area contributed by atoms with Gasteiger partial charge in [0.1, 0.15) is 0 Å². The van der Waals surface area contributed by atoms with Gasteiger partial charge in [0.05, 0.1) is 17.4 Å². The van der Waals surface area contributed by atoms with Crippen molar-refractivity contribution in [2.45, 2.75) is 39.7 Å². The summed E-state index contributed by atoms with van der Waals surface area (Å²) in [6.07, 6.45) is 3.90. The number of rotatable bonds is 6. The van der Waals surface area contributed by atoms with Gasteiger partial charge < -0.3 is 5.32 Å². The topological polar surface area (TPSA) is 42.7 Å². The second kappa shape index (κ2) is 6.66. The van der Waals surface area contributed by atoms with Crippen LogP contribution >= 0.6 is 0 Å². The summed E-state index contributed by atoms with van der Waals surface area (Å²) in [5.41, 5.74) is 4.67. The molecule has 0 bridgehead atoms. The van der Waals surface area contributed by atoms with Crippen LogP contribution in [0.5, 0.6) is 0 Å². The fourth-order valence-corrected chi connectivity index (χ4v) is 2.48. The highest BCUT2D eigenvalue weighted by Gasteiger charge is 2.16. The first-order valence-corrected chi connectivity index (χ1v) is 7.31. The molecule has 1 atom stereocenters. The van der Waals surface area contributed by atoms with E-state index in [1.54, 1.807) is 0 Å². The summed E-state index contributed by atoms with van der Waals surface area (Å²) in [5, 5.41) is 7.97. The molecule has 0 saturated heterocycles. The summed E-state index contributed by atoms with van der Waals surface area (Å²) in [5.74, 6) is 0. The average molecular weight is 272 g/mol. The molecule has 0 amide bonds. The van der Waals surface area contributed by atoms with Crippen LogP contribution in [0, 0.1) is 6.92 Å². The zero-order chi connectivity index (χ0) is 14.5. The molecule has 0 aromatic carbocycles. The molecule has 4 nitrogen and oxygen atoms in total. The lowest BCUT2D eigenvalue weighted by Gasteiger charge is -2.18. The van der Waals surface area contributed by atoms with Crippen molar-refractivity contribution in [2.75, 3.05) is 6.54 Å². The van der Waals surface area contributed by atoms with Crippen LogP contribution in [0.1, 0.15) is 42.5 Å². The van der Waals surface area contributed by atoms with Crippen LogP contribution < -0.4 is 5.32 Å². The molecule has 0 aliphatic carbocycles. The van der Waals surface area contributed by atoms with E-state index in [1.807, 2.05) is 24.9 Å². The van der Waals surface area contributed by atoms with Crippen molar-refractivity contribution in [3.63, 3.8) is 0 Å². The lowest BCUT2D eigenvalue weighted by Crippen LogP contribution is -2.25. The molecular formula is C16H24N4. The van der Waals surface area contributed by atoms with Crippen LogP contribution in [-0.2, 0) is 19.9 Å². The third-order valence-electron chi connectivity index (χ3n) is 3.55. The van der Waals surface area contributed by atoms with Crippen LogP contribution in [0.4, 0.5) is 0 Å². The van der Waals surface area contributed by atoms with Crippen molar-refractivity contribution in [3.05, 3.63) is 47.0 Å². The van der Waals surface area contributed by atoms with E-state index in [1.165, 1.54) is 11.3 Å². The Bertz CT molecular complexity index is 542. The summed E-state index contributed by atoms with van der Waals surface area (Å²) in [6.45, 7) is 7.24. The third kappa shape index (κ3) is 3.45. The quantitative estimate of drug-likeness (QED) is 0.879. The van der Waals surface area contributed by atoms with E-state index in [0.29, 0.717) is 0 Å². The van der Waals surface area contributed by atoms with Crippen molar-refractivity contribution in [3.8, 4) is 0 Å². The molecule has 0 spiro atoms. The minimum atomic E-state index is 0.256. The molecule has 0 fully saturated rings. The molecule has 0 saturated carbocycles. The second-order valence-electron chi connectivity index (χ2n) is 5.16. The maximum absolute atomic E-state index is 4.56. The van der Waals surface area contributed by atoms with Crippen molar-refractivity contribution in [1.82, 2.24) is 20.1 Å². The van der Waals surface area contributed by atoms with E-state index in [4.69, 9.17) is 0 Å². The Morgan fingerprint density at radius 3 is 2.60 bits per heavy atom. The normalized spacial score (nSPS) is 12.6. The van der Waals surface area contributed by atoms with Gasteiger partial charge in [-0.15, -0.1) is 0 Å². The summed E-state index contributed by atoms with van der Waals surface area (Å²) < 4.78 is 1.96. The van der Waals surface area contributed by atoms with Gasteiger partial charge in [0.2, 0.25) is 0 Å². The average Bonchev–Trinajstić information content (AvgIpc) is 2.78. The molecular weight excluding hydrogens is 248 g/mol. The summed E-state index contributed by atoms with van der Waals surface area (Å²) in [4.78, 5) is 4.56. The molecule has 0 aliphatic heterocycles. The number of nitrogens with zero attached hydrogens (tertiary/aromatic N) is 3. The highest BCUT2D eigenvalue weighted by atomic mass is 15.3. The van der Waals surface area contributed by atoms with E-state index < -0.39 is 0 Å². The first kappa shape index (κ1) is 14.7. The fourth-order valence-electron chi connectivity index (χ4n) is 2.48. The van der Waals surface area contributed by atoms with Gasteiger partial charge in [-0.2, -0.15) is 5.10 Å². The smallest absolute Gasteiger partial charge is 0.0597 e. The maximum Gasteiger partial charge on any atom is 0.0597 e. The van der Waals surface area contributed by atoms with Crippen molar-refractivity contribution in [2.24, 2.45) is 7.05 Å². The molecule has 4 heteroatoms. The van der Waals surface area contributed by atoms with Crippen LogP contribution in [0.3, 0.4) is 0 Å². The van der Waals surface area contributed by atoms with Crippen LogP contribution in [0.15, 0.2) is 24.4 Å². The fraction of sp³-hybridized carbons (Fsp3) is 0.500. The minimum Gasteiger partial charge on any atom is -0.309 e. The van der Waals surface area contributed by atoms with E-state index in [2.05, 4.69) is 47.4 Å². The van der Waals surface area contributed by atoms with Crippen molar-refractivity contribution < 1.29 is 0 Å². The third-order valence-corrected chi connectivity index (χ3v) is 3.55. The molecule has 1 unspecified atom stereocenters. The standard InChI is InChI=1S/C16H24N4/c1-5-13-7-8-14(18-11-13)10-15(17-6-2)16-9-12(3)19-20(16)4/h7-9,11,15,17H,5-6,10H2,1-4H3. The number of aryl methyl sites for hydroxylation is 3. The number of likely N-dealkylation sites (N-methyl/N-ethyl adjacent to an activating group) is 1. The first-order valence-electron chi connectivity index (χ1n) is 7.31. The molecule has 1 N–H and O–H groups in total. The summed E-state index contributed by atoms with van der Waals surface area (Å²) in [6, 6.07) is 6.70. The van der Waals surface area contributed by atoms with Gasteiger partial charge in [-0.3, -0.25) is 9.67 Å². The van der Waals surface area contributed by atoms with Gasteiger partial charge in [-0.1, -0.05) is 19.9 Å². The highest BCUT2D eigenvalue weighted by molar-refractivity contribution is 5.19. The van der Waals surface area contributed by atoms with Crippen LogP contribution in [0.25, 0.3) is 0 Å². The number of hydrogen-bond donors (Lipinski definition) is 1. The van der Waals surface area contributed by atoms with Crippen LogP contribution in [-0.4, -0.2) is 21.3 Å². The molecule has 20 heavy (non-hydrogen) atoms.